The molecule has 1 unspecified atom stereocenters. The van der Waals surface area contributed by atoms with Crippen molar-refractivity contribution in [3.63, 3.8) is 0 Å². The average Bonchev–Trinajstić information content (AvgIpc) is 2.39. The van der Waals surface area contributed by atoms with Crippen molar-refractivity contribution >= 4 is 11.6 Å². The van der Waals surface area contributed by atoms with Gasteiger partial charge in [-0.05, 0) is 17.7 Å². The molecule has 0 aliphatic rings. The normalized spacial score (nSPS) is 12.2. The van der Waals surface area contributed by atoms with Gasteiger partial charge >= 0.3 is 0 Å². The fraction of sp³-hybridized carbons (Fsp3) is 0.167. The standard InChI is InChI=1S/C12H11ClN2O2/c1-17-11-3-2-8(4-10(11)13)12(16)9-5-14-7-15-6-9/h2-7,12,16H,1H3. The molecule has 0 aliphatic carbocycles. The summed E-state index contributed by atoms with van der Waals surface area (Å²) >= 11 is 5.99. The number of hydrogen-bond acceptors (Lipinski definition) is 4. The number of methoxy groups -OCH3 is 1. The van der Waals surface area contributed by atoms with Gasteiger partial charge < -0.3 is 9.84 Å². The monoisotopic (exact) mass is 250 g/mol. The van der Waals surface area contributed by atoms with E-state index in [1.54, 1.807) is 37.7 Å². The number of aliphatic hydroxyl groups excluding tert-OH is 1. The summed E-state index contributed by atoms with van der Waals surface area (Å²) in [5.41, 5.74) is 1.29. The van der Waals surface area contributed by atoms with Crippen molar-refractivity contribution in [2.24, 2.45) is 0 Å². The van der Waals surface area contributed by atoms with Crippen molar-refractivity contribution in [1.29, 1.82) is 0 Å². The maximum Gasteiger partial charge on any atom is 0.137 e. The molecule has 0 saturated heterocycles. The molecule has 0 aliphatic heterocycles. The van der Waals surface area contributed by atoms with Gasteiger partial charge in [-0.1, -0.05) is 17.7 Å². The number of aliphatic hydroxyl groups is 1. The number of ether oxygens (including phenoxy) is 1. The van der Waals surface area contributed by atoms with Crippen LogP contribution in [0.25, 0.3) is 0 Å². The van der Waals surface area contributed by atoms with Crippen LogP contribution < -0.4 is 4.74 Å². The average molecular weight is 251 g/mol. The highest BCUT2D eigenvalue weighted by Crippen LogP contribution is 2.29. The van der Waals surface area contributed by atoms with Gasteiger partial charge in [-0.25, -0.2) is 9.97 Å². The van der Waals surface area contributed by atoms with Crippen molar-refractivity contribution in [2.45, 2.75) is 6.10 Å². The van der Waals surface area contributed by atoms with Crippen molar-refractivity contribution in [2.75, 3.05) is 7.11 Å². The number of nitrogens with zero attached hydrogens (tertiary/aromatic N) is 2. The maximum absolute atomic E-state index is 10.1. The fourth-order valence-electron chi connectivity index (χ4n) is 1.50. The number of benzene rings is 1. The SMILES string of the molecule is COc1ccc(C(O)c2cncnc2)cc1Cl. The molecule has 4 nitrogen and oxygen atoms in total. The smallest absolute Gasteiger partial charge is 0.137 e. The Labute approximate surface area is 104 Å². The molecular weight excluding hydrogens is 240 g/mol. The molecule has 0 spiro atoms. The Kier molecular flexibility index (Phi) is 3.56. The first-order valence-electron chi connectivity index (χ1n) is 4.99. The molecule has 1 heterocycles. The van der Waals surface area contributed by atoms with Gasteiger partial charge in [0.25, 0.3) is 0 Å². The minimum atomic E-state index is -0.792. The van der Waals surface area contributed by atoms with Crippen LogP contribution in [0.15, 0.2) is 36.9 Å². The van der Waals surface area contributed by atoms with Gasteiger partial charge in [0.05, 0.1) is 12.1 Å². The molecule has 0 amide bonds. The lowest BCUT2D eigenvalue weighted by Crippen LogP contribution is -2.01. The number of halogens is 1. The van der Waals surface area contributed by atoms with Crippen LogP contribution in [-0.4, -0.2) is 22.2 Å². The molecule has 1 N–H and O–H groups in total. The number of rotatable bonds is 3. The summed E-state index contributed by atoms with van der Waals surface area (Å²) in [5.74, 6) is 0.576. The lowest BCUT2D eigenvalue weighted by Gasteiger charge is -2.12. The van der Waals surface area contributed by atoms with Crippen LogP contribution in [0.4, 0.5) is 0 Å². The van der Waals surface area contributed by atoms with E-state index < -0.39 is 6.10 Å². The van der Waals surface area contributed by atoms with Crippen molar-refractivity contribution < 1.29 is 9.84 Å². The molecule has 1 aromatic heterocycles. The Balaban J connectivity index is 2.32. The molecule has 0 radical (unpaired) electrons. The fourth-order valence-corrected chi connectivity index (χ4v) is 1.76. The third kappa shape index (κ3) is 2.54. The van der Waals surface area contributed by atoms with E-state index >= 15 is 0 Å². The number of aromatic nitrogens is 2. The van der Waals surface area contributed by atoms with E-state index in [0.717, 1.165) is 0 Å². The molecule has 88 valence electrons. The zero-order valence-corrected chi connectivity index (χ0v) is 9.93. The molecule has 0 saturated carbocycles. The van der Waals surface area contributed by atoms with Gasteiger partial charge in [-0.15, -0.1) is 0 Å². The van der Waals surface area contributed by atoms with Crippen LogP contribution in [0.2, 0.25) is 5.02 Å². The van der Waals surface area contributed by atoms with Gasteiger partial charge in [0, 0.05) is 18.0 Å². The van der Waals surface area contributed by atoms with E-state index in [9.17, 15) is 5.11 Å². The van der Waals surface area contributed by atoms with Crippen LogP contribution in [0, 0.1) is 0 Å². The molecule has 1 aromatic carbocycles. The van der Waals surface area contributed by atoms with Crippen LogP contribution in [0.5, 0.6) is 5.75 Å². The lowest BCUT2D eigenvalue weighted by atomic mass is 10.0. The van der Waals surface area contributed by atoms with E-state index in [-0.39, 0.29) is 0 Å². The third-order valence-electron chi connectivity index (χ3n) is 2.39. The minimum absolute atomic E-state index is 0.459. The lowest BCUT2D eigenvalue weighted by molar-refractivity contribution is 0.219. The Morgan fingerprint density at radius 1 is 1.24 bits per heavy atom. The van der Waals surface area contributed by atoms with Crippen LogP contribution in [0.3, 0.4) is 0 Å². The van der Waals surface area contributed by atoms with Gasteiger partial charge in [0.2, 0.25) is 0 Å². The highest BCUT2D eigenvalue weighted by molar-refractivity contribution is 6.32. The van der Waals surface area contributed by atoms with Gasteiger partial charge in [-0.3, -0.25) is 0 Å². The second kappa shape index (κ2) is 5.12. The summed E-state index contributed by atoms with van der Waals surface area (Å²) in [6, 6.07) is 5.13. The molecule has 0 bridgehead atoms. The number of hydrogen-bond donors (Lipinski definition) is 1. The molecule has 5 heteroatoms. The summed E-state index contributed by atoms with van der Waals surface area (Å²) in [5, 5.41) is 10.6. The van der Waals surface area contributed by atoms with Gasteiger partial charge in [0.1, 0.15) is 18.2 Å². The van der Waals surface area contributed by atoms with Crippen molar-refractivity contribution in [3.8, 4) is 5.75 Å². The van der Waals surface area contributed by atoms with Crippen molar-refractivity contribution in [3.05, 3.63) is 53.1 Å². The molecule has 0 fully saturated rings. The Morgan fingerprint density at radius 2 is 1.94 bits per heavy atom. The zero-order chi connectivity index (χ0) is 12.3. The van der Waals surface area contributed by atoms with Gasteiger partial charge in [0.15, 0.2) is 0 Å². The predicted molar refractivity (Wildman–Crippen MR) is 64.1 cm³/mol. The molecule has 2 rings (SSSR count). The summed E-state index contributed by atoms with van der Waals surface area (Å²) in [6.45, 7) is 0. The first-order chi connectivity index (χ1) is 8.22. The predicted octanol–water partition coefficient (Wildman–Crippen LogP) is 2.22. The molecular formula is C12H11ClN2O2. The van der Waals surface area contributed by atoms with Gasteiger partial charge in [-0.2, -0.15) is 0 Å². The minimum Gasteiger partial charge on any atom is -0.495 e. The highest BCUT2D eigenvalue weighted by Gasteiger charge is 2.12. The summed E-state index contributed by atoms with van der Waals surface area (Å²) in [6.07, 6.45) is 3.75. The van der Waals surface area contributed by atoms with E-state index in [1.165, 1.54) is 6.33 Å². The highest BCUT2D eigenvalue weighted by atomic mass is 35.5. The Bertz CT molecular complexity index is 505. The van der Waals surface area contributed by atoms with E-state index in [0.29, 0.717) is 21.9 Å². The summed E-state index contributed by atoms with van der Waals surface area (Å²) in [7, 11) is 1.54. The van der Waals surface area contributed by atoms with Crippen LogP contribution in [0.1, 0.15) is 17.2 Å². The van der Waals surface area contributed by atoms with Crippen LogP contribution in [-0.2, 0) is 0 Å². The Hall–Kier alpha value is -1.65. The second-order valence-corrected chi connectivity index (χ2v) is 3.88. The second-order valence-electron chi connectivity index (χ2n) is 3.47. The van der Waals surface area contributed by atoms with E-state index in [4.69, 9.17) is 16.3 Å². The maximum atomic E-state index is 10.1. The first kappa shape index (κ1) is 11.8. The quantitative estimate of drug-likeness (QED) is 0.908. The van der Waals surface area contributed by atoms with Crippen molar-refractivity contribution in [1.82, 2.24) is 9.97 Å². The van der Waals surface area contributed by atoms with Crippen LogP contribution >= 0.6 is 11.6 Å². The summed E-state index contributed by atoms with van der Waals surface area (Å²) in [4.78, 5) is 7.72. The molecule has 1 atom stereocenters. The zero-order valence-electron chi connectivity index (χ0n) is 9.17. The largest absolute Gasteiger partial charge is 0.495 e. The first-order valence-corrected chi connectivity index (χ1v) is 5.36. The Morgan fingerprint density at radius 3 is 2.53 bits per heavy atom. The van der Waals surface area contributed by atoms with E-state index in [2.05, 4.69) is 9.97 Å². The molecule has 17 heavy (non-hydrogen) atoms. The summed E-state index contributed by atoms with van der Waals surface area (Å²) < 4.78 is 5.05. The third-order valence-corrected chi connectivity index (χ3v) is 2.68. The topological polar surface area (TPSA) is 55.2 Å². The molecule has 2 aromatic rings. The van der Waals surface area contributed by atoms with E-state index in [1.807, 2.05) is 0 Å².